The van der Waals surface area contributed by atoms with Gasteiger partial charge < -0.3 is 15.4 Å². The molecule has 0 aliphatic carbocycles. The number of benzene rings is 1. The highest BCUT2D eigenvalue weighted by Crippen LogP contribution is 2.25. The van der Waals surface area contributed by atoms with Crippen LogP contribution in [0, 0.1) is 5.92 Å². The van der Waals surface area contributed by atoms with Crippen LogP contribution in [-0.2, 0) is 9.53 Å². The van der Waals surface area contributed by atoms with E-state index in [2.05, 4.69) is 20.4 Å². The maximum atomic E-state index is 11.4. The van der Waals surface area contributed by atoms with Crippen molar-refractivity contribution in [3.8, 4) is 0 Å². The highest BCUT2D eigenvalue weighted by Gasteiger charge is 2.15. The molecule has 0 aromatic heterocycles. The number of carbonyl (C=O) groups excluding carboxylic acids is 1. The van der Waals surface area contributed by atoms with Gasteiger partial charge in [0.2, 0.25) is 0 Å². The van der Waals surface area contributed by atoms with Crippen LogP contribution in [0.5, 0.6) is 0 Å². The third-order valence-corrected chi connectivity index (χ3v) is 3.75. The predicted molar refractivity (Wildman–Crippen MR) is 106 cm³/mol. The lowest BCUT2D eigenvalue weighted by Gasteiger charge is -2.20. The molecule has 0 aliphatic rings. The minimum atomic E-state index is -0.267. The van der Waals surface area contributed by atoms with E-state index in [1.54, 1.807) is 26.1 Å². The topological polar surface area (TPSA) is 62.7 Å². The van der Waals surface area contributed by atoms with Crippen LogP contribution in [0.4, 0.5) is 0 Å². The van der Waals surface area contributed by atoms with Gasteiger partial charge in [-0.05, 0) is 24.6 Å². The minimum absolute atomic E-state index is 0. The molecule has 1 rings (SSSR count). The summed E-state index contributed by atoms with van der Waals surface area (Å²) >= 11 is 12.1. The van der Waals surface area contributed by atoms with Crippen LogP contribution in [0.15, 0.2) is 23.2 Å². The monoisotopic (exact) mass is 473 g/mol. The summed E-state index contributed by atoms with van der Waals surface area (Å²) in [6.45, 7) is 4.17. The Labute approximate surface area is 164 Å². The molecule has 0 bridgehead atoms. The molecule has 0 amide bonds. The van der Waals surface area contributed by atoms with Crippen molar-refractivity contribution in [3.63, 3.8) is 0 Å². The zero-order valence-electron chi connectivity index (χ0n) is 13.5. The summed E-state index contributed by atoms with van der Waals surface area (Å²) in [7, 11) is 3.03. The quantitative estimate of drug-likeness (QED) is 0.296. The second-order valence-corrected chi connectivity index (χ2v) is 5.75. The smallest absolute Gasteiger partial charge is 0.310 e. The van der Waals surface area contributed by atoms with Crippen molar-refractivity contribution >= 4 is 59.1 Å². The zero-order chi connectivity index (χ0) is 16.7. The molecule has 2 N–H and O–H groups in total. The summed E-state index contributed by atoms with van der Waals surface area (Å²) in [5.41, 5.74) is 0.912. The fourth-order valence-corrected chi connectivity index (χ4v) is 2.44. The number of nitrogens with zero attached hydrogens (tertiary/aromatic N) is 1. The van der Waals surface area contributed by atoms with Crippen molar-refractivity contribution in [1.82, 2.24) is 10.6 Å². The van der Waals surface area contributed by atoms with E-state index in [0.717, 1.165) is 5.56 Å². The minimum Gasteiger partial charge on any atom is -0.469 e. The van der Waals surface area contributed by atoms with Crippen LogP contribution in [0.1, 0.15) is 25.5 Å². The molecule has 1 aromatic rings. The lowest BCUT2D eigenvalue weighted by molar-refractivity contribution is -0.144. The van der Waals surface area contributed by atoms with Gasteiger partial charge in [-0.2, -0.15) is 0 Å². The van der Waals surface area contributed by atoms with Crippen LogP contribution < -0.4 is 10.6 Å². The Kier molecular flexibility index (Phi) is 10.6. The van der Waals surface area contributed by atoms with Crippen LogP contribution in [0.2, 0.25) is 10.0 Å². The Morgan fingerprint density at radius 2 is 2.00 bits per heavy atom. The molecule has 1 aromatic carbocycles. The van der Waals surface area contributed by atoms with Crippen molar-refractivity contribution in [2.45, 2.75) is 19.9 Å². The first-order valence-corrected chi connectivity index (χ1v) is 7.64. The number of nitrogens with one attached hydrogen (secondary N) is 2. The molecule has 0 saturated carbocycles. The van der Waals surface area contributed by atoms with Crippen molar-refractivity contribution in [3.05, 3.63) is 33.8 Å². The first-order chi connectivity index (χ1) is 10.4. The van der Waals surface area contributed by atoms with Gasteiger partial charge in [-0.25, -0.2) is 0 Å². The number of hydrogen-bond acceptors (Lipinski definition) is 3. The lowest BCUT2D eigenvalue weighted by atomic mass is 10.1. The van der Waals surface area contributed by atoms with E-state index >= 15 is 0 Å². The summed E-state index contributed by atoms with van der Waals surface area (Å²) in [5, 5.41) is 7.48. The van der Waals surface area contributed by atoms with Gasteiger partial charge in [-0.1, -0.05) is 36.2 Å². The van der Waals surface area contributed by atoms with Crippen LogP contribution >= 0.6 is 47.2 Å². The molecule has 0 radical (unpaired) electrons. The molecule has 2 atom stereocenters. The van der Waals surface area contributed by atoms with Crippen molar-refractivity contribution < 1.29 is 9.53 Å². The van der Waals surface area contributed by atoms with Gasteiger partial charge in [0.25, 0.3) is 0 Å². The molecule has 0 heterocycles. The van der Waals surface area contributed by atoms with Gasteiger partial charge >= 0.3 is 5.97 Å². The molecule has 2 unspecified atom stereocenters. The summed E-state index contributed by atoms with van der Waals surface area (Å²) < 4.78 is 4.69. The fraction of sp³-hybridized carbons (Fsp3) is 0.467. The Morgan fingerprint density at radius 1 is 1.35 bits per heavy atom. The summed E-state index contributed by atoms with van der Waals surface area (Å²) in [4.78, 5) is 15.5. The Bertz CT molecular complexity index is 556. The molecular formula is C15H22Cl2IN3O2. The molecule has 0 spiro atoms. The van der Waals surface area contributed by atoms with Gasteiger partial charge in [0, 0.05) is 23.6 Å². The molecule has 5 nitrogen and oxygen atoms in total. The lowest BCUT2D eigenvalue weighted by Crippen LogP contribution is -2.41. The normalized spacial score (nSPS) is 13.6. The third-order valence-electron chi connectivity index (χ3n) is 3.19. The van der Waals surface area contributed by atoms with Gasteiger partial charge in [0.15, 0.2) is 5.96 Å². The first kappa shape index (κ1) is 22.3. The number of rotatable bonds is 5. The summed E-state index contributed by atoms with van der Waals surface area (Å²) in [6.07, 6.45) is 0. The van der Waals surface area contributed by atoms with E-state index in [4.69, 9.17) is 23.2 Å². The predicted octanol–water partition coefficient (Wildman–Crippen LogP) is 3.65. The Hall–Kier alpha value is -0.730. The van der Waals surface area contributed by atoms with E-state index in [-0.39, 0.29) is 41.9 Å². The van der Waals surface area contributed by atoms with Gasteiger partial charge in [-0.15, -0.1) is 24.0 Å². The number of halogens is 3. The van der Waals surface area contributed by atoms with E-state index in [9.17, 15) is 4.79 Å². The number of esters is 1. The second kappa shape index (κ2) is 10.9. The molecule has 0 aliphatic heterocycles. The SMILES string of the molecule is CN=C(NCC(C)C(=O)OC)NC(C)c1ccc(Cl)cc1Cl.I. The van der Waals surface area contributed by atoms with Crippen molar-refractivity contribution in [2.75, 3.05) is 20.7 Å². The standard InChI is InChI=1S/C15H21Cl2N3O2.HI/c1-9(14(21)22-4)8-19-15(18-3)20-10(2)12-6-5-11(16)7-13(12)17;/h5-7,9-10H,8H2,1-4H3,(H2,18,19,20);1H. The number of ether oxygens (including phenoxy) is 1. The molecule has 0 saturated heterocycles. The van der Waals surface area contributed by atoms with Gasteiger partial charge in [0.05, 0.1) is 19.1 Å². The zero-order valence-corrected chi connectivity index (χ0v) is 17.4. The van der Waals surface area contributed by atoms with Crippen LogP contribution in [-0.4, -0.2) is 32.6 Å². The van der Waals surface area contributed by atoms with Crippen molar-refractivity contribution in [1.29, 1.82) is 0 Å². The van der Waals surface area contributed by atoms with E-state index in [0.29, 0.717) is 22.5 Å². The Balaban J connectivity index is 0.00000484. The average molecular weight is 474 g/mol. The third kappa shape index (κ3) is 7.14. The largest absolute Gasteiger partial charge is 0.469 e. The van der Waals surface area contributed by atoms with E-state index in [1.165, 1.54) is 7.11 Å². The summed E-state index contributed by atoms with van der Waals surface area (Å²) in [6, 6.07) is 5.29. The molecular weight excluding hydrogens is 452 g/mol. The molecule has 130 valence electrons. The maximum Gasteiger partial charge on any atom is 0.310 e. The molecule has 23 heavy (non-hydrogen) atoms. The molecule has 0 fully saturated rings. The highest BCUT2D eigenvalue weighted by atomic mass is 127. The van der Waals surface area contributed by atoms with Gasteiger partial charge in [-0.3, -0.25) is 9.79 Å². The fourth-order valence-electron chi connectivity index (χ4n) is 1.86. The number of guanidine groups is 1. The van der Waals surface area contributed by atoms with Gasteiger partial charge in [0.1, 0.15) is 0 Å². The van der Waals surface area contributed by atoms with E-state index in [1.807, 2.05) is 13.0 Å². The first-order valence-electron chi connectivity index (χ1n) is 6.89. The van der Waals surface area contributed by atoms with E-state index < -0.39 is 0 Å². The van der Waals surface area contributed by atoms with Crippen LogP contribution in [0.3, 0.4) is 0 Å². The number of aliphatic imine (C=N–C) groups is 1. The second-order valence-electron chi connectivity index (χ2n) is 4.91. The Morgan fingerprint density at radius 3 is 2.52 bits per heavy atom. The maximum absolute atomic E-state index is 11.4. The average Bonchev–Trinajstić information content (AvgIpc) is 2.49. The van der Waals surface area contributed by atoms with Crippen LogP contribution in [0.25, 0.3) is 0 Å². The number of hydrogen-bond donors (Lipinski definition) is 2. The highest BCUT2D eigenvalue weighted by molar-refractivity contribution is 14.0. The molecule has 8 heteroatoms. The number of methoxy groups -OCH3 is 1. The summed E-state index contributed by atoms with van der Waals surface area (Å²) in [5.74, 6) is 0.0454. The van der Waals surface area contributed by atoms with Crippen molar-refractivity contribution in [2.24, 2.45) is 10.9 Å². The number of carbonyl (C=O) groups is 1.